The molecule has 0 saturated heterocycles. The summed E-state index contributed by atoms with van der Waals surface area (Å²) in [5.74, 6) is 5.76. The summed E-state index contributed by atoms with van der Waals surface area (Å²) >= 11 is 0. The van der Waals surface area contributed by atoms with Crippen LogP contribution in [0, 0.1) is 13.8 Å². The molecule has 0 aliphatic carbocycles. The molecule has 4 nitrogen and oxygen atoms in total. The maximum Gasteiger partial charge on any atom is 0.0669 e. The lowest BCUT2D eigenvalue weighted by molar-refractivity contribution is 0.508. The van der Waals surface area contributed by atoms with E-state index in [1.54, 1.807) is 0 Å². The summed E-state index contributed by atoms with van der Waals surface area (Å²) in [5.41, 5.74) is 9.02. The van der Waals surface area contributed by atoms with Crippen LogP contribution in [0.2, 0.25) is 0 Å². The van der Waals surface area contributed by atoms with Crippen molar-refractivity contribution in [2.75, 3.05) is 0 Å². The molecule has 20 heavy (non-hydrogen) atoms. The summed E-state index contributed by atoms with van der Waals surface area (Å²) in [6.45, 7) is 6.36. The first-order valence-electron chi connectivity index (χ1n) is 7.09. The van der Waals surface area contributed by atoms with E-state index in [-0.39, 0.29) is 6.04 Å². The lowest BCUT2D eigenvalue weighted by Crippen LogP contribution is -2.31. The van der Waals surface area contributed by atoms with Gasteiger partial charge in [-0.25, -0.2) is 0 Å². The number of hydrogen-bond donors (Lipinski definition) is 2. The topological polar surface area (TPSA) is 55.9 Å². The average molecular weight is 272 g/mol. The first-order valence-corrected chi connectivity index (χ1v) is 7.09. The van der Waals surface area contributed by atoms with Gasteiger partial charge in [0.15, 0.2) is 0 Å². The van der Waals surface area contributed by atoms with Crippen LogP contribution in [0.3, 0.4) is 0 Å². The van der Waals surface area contributed by atoms with Crippen molar-refractivity contribution in [2.24, 2.45) is 12.9 Å². The number of nitrogens with zero attached hydrogens (tertiary/aromatic N) is 2. The first kappa shape index (κ1) is 14.8. The lowest BCUT2D eigenvalue weighted by atomic mass is 9.99. The molecule has 0 saturated carbocycles. The van der Waals surface area contributed by atoms with E-state index in [4.69, 9.17) is 5.84 Å². The zero-order valence-corrected chi connectivity index (χ0v) is 12.8. The molecule has 3 N–H and O–H groups in total. The molecule has 2 aromatic rings. The first-order chi connectivity index (χ1) is 9.53. The molecule has 0 bridgehead atoms. The van der Waals surface area contributed by atoms with Gasteiger partial charge in [0.2, 0.25) is 0 Å². The van der Waals surface area contributed by atoms with Gasteiger partial charge in [-0.1, -0.05) is 36.2 Å². The van der Waals surface area contributed by atoms with E-state index >= 15 is 0 Å². The number of aryl methyl sites for hydroxylation is 4. The van der Waals surface area contributed by atoms with Crippen LogP contribution >= 0.6 is 0 Å². The second-order valence-corrected chi connectivity index (χ2v) is 5.46. The fourth-order valence-corrected chi connectivity index (χ4v) is 2.71. The van der Waals surface area contributed by atoms with Gasteiger partial charge in [0.1, 0.15) is 0 Å². The molecule has 0 amide bonds. The van der Waals surface area contributed by atoms with Gasteiger partial charge < -0.3 is 0 Å². The molecule has 108 valence electrons. The molecule has 2 rings (SSSR count). The van der Waals surface area contributed by atoms with E-state index in [2.05, 4.69) is 55.6 Å². The Morgan fingerprint density at radius 2 is 1.85 bits per heavy atom. The molecule has 1 aromatic heterocycles. The molecule has 0 spiro atoms. The molecule has 1 atom stereocenters. The number of hydrogen-bond acceptors (Lipinski definition) is 3. The summed E-state index contributed by atoms with van der Waals surface area (Å²) in [7, 11) is 1.97. The molecule has 0 aliphatic heterocycles. The zero-order chi connectivity index (χ0) is 14.7. The number of benzene rings is 1. The second kappa shape index (κ2) is 6.20. The van der Waals surface area contributed by atoms with Crippen molar-refractivity contribution < 1.29 is 0 Å². The third-order valence-electron chi connectivity index (χ3n) is 3.61. The third kappa shape index (κ3) is 3.26. The highest BCUT2D eigenvalue weighted by molar-refractivity contribution is 5.30. The summed E-state index contributed by atoms with van der Waals surface area (Å²) in [6, 6.07) is 8.83. The molecule has 1 unspecified atom stereocenters. The van der Waals surface area contributed by atoms with E-state index in [1.165, 1.54) is 16.7 Å². The standard InChI is InChI=1S/C16H24N4/c1-5-14-10-16(20(4)19-14)15(18-17)9-13-7-11(2)6-12(3)8-13/h6-8,10,15,18H,5,9,17H2,1-4H3. The second-order valence-electron chi connectivity index (χ2n) is 5.46. The molecule has 1 heterocycles. The molecule has 0 radical (unpaired) electrons. The molecular formula is C16H24N4. The van der Waals surface area contributed by atoms with E-state index in [0.29, 0.717) is 0 Å². The van der Waals surface area contributed by atoms with E-state index in [1.807, 2.05) is 11.7 Å². The monoisotopic (exact) mass is 272 g/mol. The normalized spacial score (nSPS) is 12.7. The van der Waals surface area contributed by atoms with Crippen molar-refractivity contribution in [3.05, 3.63) is 52.3 Å². The van der Waals surface area contributed by atoms with Crippen LogP contribution in [-0.4, -0.2) is 9.78 Å². The van der Waals surface area contributed by atoms with Crippen LogP contribution in [-0.2, 0) is 19.9 Å². The van der Waals surface area contributed by atoms with E-state index < -0.39 is 0 Å². The van der Waals surface area contributed by atoms with Crippen molar-refractivity contribution in [1.82, 2.24) is 15.2 Å². The fraction of sp³-hybridized carbons (Fsp3) is 0.438. The Bertz CT molecular complexity index is 566. The van der Waals surface area contributed by atoms with Gasteiger partial charge in [-0.05, 0) is 38.3 Å². The van der Waals surface area contributed by atoms with Crippen molar-refractivity contribution in [2.45, 2.75) is 39.7 Å². The summed E-state index contributed by atoms with van der Waals surface area (Å²) in [5, 5.41) is 4.50. The molecule has 1 aromatic carbocycles. The van der Waals surface area contributed by atoms with Crippen molar-refractivity contribution in [3.8, 4) is 0 Å². The molecule has 0 fully saturated rings. The minimum Gasteiger partial charge on any atom is -0.271 e. The van der Waals surface area contributed by atoms with Gasteiger partial charge in [-0.2, -0.15) is 5.10 Å². The Morgan fingerprint density at radius 1 is 1.20 bits per heavy atom. The highest BCUT2D eigenvalue weighted by atomic mass is 15.3. The lowest BCUT2D eigenvalue weighted by Gasteiger charge is -2.17. The predicted molar refractivity (Wildman–Crippen MR) is 82.3 cm³/mol. The Balaban J connectivity index is 2.25. The largest absolute Gasteiger partial charge is 0.271 e. The number of hydrazine groups is 1. The van der Waals surface area contributed by atoms with Crippen LogP contribution in [0.4, 0.5) is 0 Å². The van der Waals surface area contributed by atoms with Crippen molar-refractivity contribution in [3.63, 3.8) is 0 Å². The number of nitrogens with two attached hydrogens (primary N) is 1. The summed E-state index contributed by atoms with van der Waals surface area (Å²) < 4.78 is 1.92. The fourth-order valence-electron chi connectivity index (χ4n) is 2.71. The summed E-state index contributed by atoms with van der Waals surface area (Å²) in [4.78, 5) is 0. The third-order valence-corrected chi connectivity index (χ3v) is 3.61. The van der Waals surface area contributed by atoms with Gasteiger partial charge in [0.25, 0.3) is 0 Å². The molecular weight excluding hydrogens is 248 g/mol. The van der Waals surface area contributed by atoms with Crippen LogP contribution in [0.25, 0.3) is 0 Å². The molecule has 4 heteroatoms. The minimum atomic E-state index is 0.0778. The van der Waals surface area contributed by atoms with E-state index in [0.717, 1.165) is 24.2 Å². The number of aromatic nitrogens is 2. The van der Waals surface area contributed by atoms with Crippen LogP contribution < -0.4 is 11.3 Å². The van der Waals surface area contributed by atoms with Gasteiger partial charge in [-0.15, -0.1) is 0 Å². The highest BCUT2D eigenvalue weighted by Crippen LogP contribution is 2.20. The number of rotatable bonds is 5. The Morgan fingerprint density at radius 3 is 2.35 bits per heavy atom. The SMILES string of the molecule is CCc1cc(C(Cc2cc(C)cc(C)c2)NN)n(C)n1. The van der Waals surface area contributed by atoms with Crippen LogP contribution in [0.15, 0.2) is 24.3 Å². The predicted octanol–water partition coefficient (Wildman–Crippen LogP) is 2.35. The van der Waals surface area contributed by atoms with Gasteiger partial charge >= 0.3 is 0 Å². The van der Waals surface area contributed by atoms with E-state index in [9.17, 15) is 0 Å². The van der Waals surface area contributed by atoms with Gasteiger partial charge in [-0.3, -0.25) is 16.0 Å². The maximum absolute atomic E-state index is 5.76. The average Bonchev–Trinajstić information content (AvgIpc) is 2.76. The van der Waals surface area contributed by atoms with Crippen molar-refractivity contribution in [1.29, 1.82) is 0 Å². The molecule has 0 aliphatic rings. The van der Waals surface area contributed by atoms with Gasteiger partial charge in [0, 0.05) is 7.05 Å². The Labute approximate surface area is 121 Å². The van der Waals surface area contributed by atoms with Crippen LogP contribution in [0.1, 0.15) is 41.0 Å². The maximum atomic E-state index is 5.76. The van der Waals surface area contributed by atoms with Crippen LogP contribution in [0.5, 0.6) is 0 Å². The quantitative estimate of drug-likeness (QED) is 0.649. The Hall–Kier alpha value is -1.65. The minimum absolute atomic E-state index is 0.0778. The number of nitrogens with one attached hydrogen (secondary N) is 1. The van der Waals surface area contributed by atoms with Gasteiger partial charge in [0.05, 0.1) is 17.4 Å². The summed E-state index contributed by atoms with van der Waals surface area (Å²) in [6.07, 6.45) is 1.80. The Kier molecular flexibility index (Phi) is 4.57. The highest BCUT2D eigenvalue weighted by Gasteiger charge is 2.16. The smallest absolute Gasteiger partial charge is 0.0669 e. The van der Waals surface area contributed by atoms with Crippen molar-refractivity contribution >= 4 is 0 Å². The zero-order valence-electron chi connectivity index (χ0n) is 12.8.